The molecule has 0 aliphatic carbocycles. The number of hydrogen-bond acceptors (Lipinski definition) is 5. The van der Waals surface area contributed by atoms with Gasteiger partial charge in [-0.15, -0.1) is 0 Å². The fourth-order valence-electron chi connectivity index (χ4n) is 2.00. The minimum atomic E-state index is 0.248. The minimum Gasteiger partial charge on any atom is -0.366 e. The van der Waals surface area contributed by atoms with Gasteiger partial charge in [0.15, 0.2) is 0 Å². The predicted molar refractivity (Wildman–Crippen MR) is 87.2 cm³/mol. The largest absolute Gasteiger partial charge is 0.366 e. The zero-order valence-electron chi connectivity index (χ0n) is 13.1. The van der Waals surface area contributed by atoms with Gasteiger partial charge in [0.2, 0.25) is 0 Å². The van der Waals surface area contributed by atoms with E-state index in [0.29, 0.717) is 5.82 Å². The number of nitrogens with two attached hydrogens (primary N) is 1. The Hall–Kier alpha value is -2.14. The summed E-state index contributed by atoms with van der Waals surface area (Å²) in [5, 5.41) is 3.37. The normalized spacial score (nSPS) is 10.8. The lowest BCUT2D eigenvalue weighted by Crippen LogP contribution is -2.15. The van der Waals surface area contributed by atoms with Gasteiger partial charge >= 0.3 is 0 Å². The number of nitrogens with zero attached hydrogens (tertiary/aromatic N) is 2. The number of nitrogens with one attached hydrogen (secondary N) is 2. The van der Waals surface area contributed by atoms with E-state index in [1.165, 1.54) is 11.1 Å². The SMILES string of the molecule is Cc1ccc(CNc2nc(C(C)C)nc(NN)c2C)cc1. The first-order valence-electron chi connectivity index (χ1n) is 7.15. The first-order valence-corrected chi connectivity index (χ1v) is 7.15. The van der Waals surface area contributed by atoms with E-state index >= 15 is 0 Å². The van der Waals surface area contributed by atoms with E-state index in [4.69, 9.17) is 5.84 Å². The van der Waals surface area contributed by atoms with E-state index in [2.05, 4.69) is 65.7 Å². The molecule has 0 atom stereocenters. The molecule has 0 unspecified atom stereocenters. The summed E-state index contributed by atoms with van der Waals surface area (Å²) in [5.74, 6) is 8.06. The Balaban J connectivity index is 2.22. The van der Waals surface area contributed by atoms with Crippen LogP contribution in [0, 0.1) is 13.8 Å². The van der Waals surface area contributed by atoms with E-state index in [-0.39, 0.29) is 5.92 Å². The number of aryl methyl sites for hydroxylation is 1. The maximum atomic E-state index is 5.54. The molecule has 5 heteroatoms. The molecule has 0 saturated heterocycles. The number of nitrogen functional groups attached to an aromatic ring is 1. The highest BCUT2D eigenvalue weighted by Gasteiger charge is 2.12. The molecule has 0 amide bonds. The molecular formula is C16H23N5. The van der Waals surface area contributed by atoms with Crippen molar-refractivity contribution in [1.29, 1.82) is 0 Å². The average molecular weight is 285 g/mol. The molecule has 1 heterocycles. The summed E-state index contributed by atoms with van der Waals surface area (Å²) in [5.41, 5.74) is 6.04. The summed E-state index contributed by atoms with van der Waals surface area (Å²) in [6, 6.07) is 8.45. The molecule has 21 heavy (non-hydrogen) atoms. The highest BCUT2D eigenvalue weighted by atomic mass is 15.3. The minimum absolute atomic E-state index is 0.248. The van der Waals surface area contributed by atoms with Crippen molar-refractivity contribution >= 4 is 11.6 Å². The maximum absolute atomic E-state index is 5.54. The van der Waals surface area contributed by atoms with Crippen molar-refractivity contribution in [2.24, 2.45) is 5.84 Å². The van der Waals surface area contributed by atoms with Crippen molar-refractivity contribution in [3.8, 4) is 0 Å². The third kappa shape index (κ3) is 3.70. The van der Waals surface area contributed by atoms with Crippen LogP contribution in [0.4, 0.5) is 11.6 Å². The van der Waals surface area contributed by atoms with Crippen LogP contribution in [0.25, 0.3) is 0 Å². The van der Waals surface area contributed by atoms with Crippen LogP contribution in [0.1, 0.15) is 42.3 Å². The fraction of sp³-hybridized carbons (Fsp3) is 0.375. The van der Waals surface area contributed by atoms with Crippen LogP contribution in [0.2, 0.25) is 0 Å². The molecule has 1 aromatic heterocycles. The van der Waals surface area contributed by atoms with Gasteiger partial charge in [-0.05, 0) is 19.4 Å². The predicted octanol–water partition coefficient (Wildman–Crippen LogP) is 3.11. The van der Waals surface area contributed by atoms with Gasteiger partial charge < -0.3 is 10.7 Å². The topological polar surface area (TPSA) is 75.9 Å². The van der Waals surface area contributed by atoms with Gasteiger partial charge in [0.1, 0.15) is 17.5 Å². The Morgan fingerprint density at radius 1 is 1.05 bits per heavy atom. The van der Waals surface area contributed by atoms with Crippen molar-refractivity contribution in [3.63, 3.8) is 0 Å². The van der Waals surface area contributed by atoms with Gasteiger partial charge in [0.05, 0.1) is 0 Å². The number of benzene rings is 1. The molecule has 5 nitrogen and oxygen atoms in total. The second kappa shape index (κ2) is 6.54. The number of hydrazine groups is 1. The van der Waals surface area contributed by atoms with E-state index in [9.17, 15) is 0 Å². The lowest BCUT2D eigenvalue weighted by molar-refractivity contribution is 0.772. The zero-order valence-corrected chi connectivity index (χ0v) is 13.1. The van der Waals surface area contributed by atoms with E-state index in [0.717, 1.165) is 23.8 Å². The highest BCUT2D eigenvalue weighted by molar-refractivity contribution is 5.57. The van der Waals surface area contributed by atoms with Crippen LogP contribution in [0.3, 0.4) is 0 Å². The first kappa shape index (κ1) is 15.3. The molecule has 4 N–H and O–H groups in total. The van der Waals surface area contributed by atoms with Gasteiger partial charge in [0.25, 0.3) is 0 Å². The van der Waals surface area contributed by atoms with Crippen LogP contribution in [-0.4, -0.2) is 9.97 Å². The first-order chi connectivity index (χ1) is 10.0. The summed E-state index contributed by atoms with van der Waals surface area (Å²) in [6.07, 6.45) is 0. The average Bonchev–Trinajstić information content (AvgIpc) is 2.47. The highest BCUT2D eigenvalue weighted by Crippen LogP contribution is 2.23. The maximum Gasteiger partial charge on any atom is 0.148 e. The molecule has 2 aromatic rings. The zero-order chi connectivity index (χ0) is 15.4. The number of hydrogen-bond donors (Lipinski definition) is 3. The second-order valence-electron chi connectivity index (χ2n) is 5.54. The summed E-state index contributed by atoms with van der Waals surface area (Å²) in [7, 11) is 0. The van der Waals surface area contributed by atoms with Gasteiger partial charge in [-0.1, -0.05) is 43.7 Å². The van der Waals surface area contributed by atoms with Crippen LogP contribution < -0.4 is 16.6 Å². The standard InChI is InChI=1S/C16H23N5/c1-10(2)14-19-15(12(4)16(20-14)21-17)18-9-13-7-5-11(3)6-8-13/h5-8,10H,9,17H2,1-4H3,(H2,18,19,20,21). The van der Waals surface area contributed by atoms with Gasteiger partial charge in [-0.2, -0.15) is 0 Å². The third-order valence-electron chi connectivity index (χ3n) is 3.40. The molecule has 2 rings (SSSR count). The monoisotopic (exact) mass is 285 g/mol. The van der Waals surface area contributed by atoms with Crippen LogP contribution in [0.5, 0.6) is 0 Å². The number of rotatable bonds is 5. The Morgan fingerprint density at radius 2 is 1.67 bits per heavy atom. The Bertz CT molecular complexity index is 605. The number of aromatic nitrogens is 2. The summed E-state index contributed by atoms with van der Waals surface area (Å²) in [6.45, 7) is 8.89. The number of anilines is 2. The van der Waals surface area contributed by atoms with Crippen molar-refractivity contribution in [3.05, 3.63) is 46.8 Å². The van der Waals surface area contributed by atoms with Crippen LogP contribution in [-0.2, 0) is 6.54 Å². The van der Waals surface area contributed by atoms with E-state index in [1.807, 2.05) is 6.92 Å². The summed E-state index contributed by atoms with van der Waals surface area (Å²) < 4.78 is 0. The lowest BCUT2D eigenvalue weighted by Gasteiger charge is -2.15. The lowest BCUT2D eigenvalue weighted by atomic mass is 10.1. The summed E-state index contributed by atoms with van der Waals surface area (Å²) in [4.78, 5) is 9.03. The van der Waals surface area contributed by atoms with E-state index < -0.39 is 0 Å². The Kier molecular flexibility index (Phi) is 4.75. The fourth-order valence-corrected chi connectivity index (χ4v) is 2.00. The van der Waals surface area contributed by atoms with Crippen LogP contribution >= 0.6 is 0 Å². The molecule has 0 aliphatic heterocycles. The van der Waals surface area contributed by atoms with Crippen molar-refractivity contribution in [2.45, 2.75) is 40.2 Å². The van der Waals surface area contributed by atoms with Gasteiger partial charge in [-0.3, -0.25) is 0 Å². The Morgan fingerprint density at radius 3 is 2.24 bits per heavy atom. The molecular weight excluding hydrogens is 262 g/mol. The molecule has 0 aliphatic rings. The third-order valence-corrected chi connectivity index (χ3v) is 3.40. The second-order valence-corrected chi connectivity index (χ2v) is 5.54. The van der Waals surface area contributed by atoms with Crippen molar-refractivity contribution < 1.29 is 0 Å². The van der Waals surface area contributed by atoms with Gasteiger partial charge in [0, 0.05) is 18.0 Å². The molecule has 0 spiro atoms. The molecule has 0 saturated carbocycles. The molecule has 1 aromatic carbocycles. The van der Waals surface area contributed by atoms with Gasteiger partial charge in [-0.25, -0.2) is 15.8 Å². The molecule has 0 radical (unpaired) electrons. The molecule has 0 bridgehead atoms. The quantitative estimate of drug-likeness (QED) is 0.581. The summed E-state index contributed by atoms with van der Waals surface area (Å²) >= 11 is 0. The van der Waals surface area contributed by atoms with Crippen molar-refractivity contribution in [2.75, 3.05) is 10.7 Å². The van der Waals surface area contributed by atoms with E-state index in [1.54, 1.807) is 0 Å². The van der Waals surface area contributed by atoms with Crippen LogP contribution in [0.15, 0.2) is 24.3 Å². The molecule has 0 fully saturated rings. The van der Waals surface area contributed by atoms with Crippen molar-refractivity contribution in [1.82, 2.24) is 9.97 Å². The Labute approximate surface area is 126 Å². The molecule has 112 valence electrons. The smallest absolute Gasteiger partial charge is 0.148 e.